The summed E-state index contributed by atoms with van der Waals surface area (Å²) in [5.41, 5.74) is 2.38. The van der Waals surface area contributed by atoms with E-state index in [1.165, 1.54) is 10.3 Å². The number of hydrogen-bond donors (Lipinski definition) is 0. The Bertz CT molecular complexity index is 447. The standard InChI is InChI=1S/C11H13NOS/c1-7(2)8-4-5-9-10(6-8)14-11(12-9)13-3/h4-7H,1-3H3. The van der Waals surface area contributed by atoms with Crippen molar-refractivity contribution in [1.82, 2.24) is 4.98 Å². The average molecular weight is 207 g/mol. The molecule has 2 nitrogen and oxygen atoms in total. The van der Waals surface area contributed by atoms with Crippen molar-refractivity contribution >= 4 is 21.6 Å². The molecule has 0 N–H and O–H groups in total. The van der Waals surface area contributed by atoms with E-state index in [4.69, 9.17) is 4.74 Å². The molecule has 2 rings (SSSR count). The van der Waals surface area contributed by atoms with Crippen LogP contribution in [0.2, 0.25) is 0 Å². The van der Waals surface area contributed by atoms with Gasteiger partial charge < -0.3 is 4.74 Å². The second kappa shape index (κ2) is 3.58. The molecule has 0 aliphatic carbocycles. The average Bonchev–Trinajstić information content (AvgIpc) is 2.58. The monoisotopic (exact) mass is 207 g/mol. The molecule has 0 fully saturated rings. The third kappa shape index (κ3) is 1.60. The molecule has 0 aliphatic heterocycles. The maximum Gasteiger partial charge on any atom is 0.274 e. The van der Waals surface area contributed by atoms with Gasteiger partial charge in [0.15, 0.2) is 0 Å². The Labute approximate surface area is 87.5 Å². The van der Waals surface area contributed by atoms with E-state index >= 15 is 0 Å². The van der Waals surface area contributed by atoms with Crippen molar-refractivity contribution in [2.24, 2.45) is 0 Å². The molecule has 3 heteroatoms. The lowest BCUT2D eigenvalue weighted by atomic mass is 10.0. The van der Waals surface area contributed by atoms with Crippen LogP contribution in [0.15, 0.2) is 18.2 Å². The summed E-state index contributed by atoms with van der Waals surface area (Å²) in [6.45, 7) is 4.39. The van der Waals surface area contributed by atoms with Crippen molar-refractivity contribution in [2.75, 3.05) is 7.11 Å². The molecule has 0 radical (unpaired) electrons. The van der Waals surface area contributed by atoms with Crippen LogP contribution in [0.1, 0.15) is 25.3 Å². The number of ether oxygens (including phenoxy) is 1. The van der Waals surface area contributed by atoms with Gasteiger partial charge in [0.25, 0.3) is 5.19 Å². The van der Waals surface area contributed by atoms with Gasteiger partial charge in [-0.3, -0.25) is 0 Å². The first-order valence-corrected chi connectivity index (χ1v) is 5.47. The predicted molar refractivity (Wildman–Crippen MR) is 60.3 cm³/mol. The highest BCUT2D eigenvalue weighted by Gasteiger charge is 2.05. The van der Waals surface area contributed by atoms with Gasteiger partial charge in [0.1, 0.15) is 0 Å². The normalized spacial score (nSPS) is 11.1. The Balaban J connectivity index is 2.54. The fraction of sp³-hybridized carbons (Fsp3) is 0.364. The second-order valence-corrected chi connectivity index (χ2v) is 4.56. The summed E-state index contributed by atoms with van der Waals surface area (Å²) in [4.78, 5) is 4.33. The number of nitrogens with zero attached hydrogens (tertiary/aromatic N) is 1. The zero-order valence-corrected chi connectivity index (χ0v) is 9.39. The van der Waals surface area contributed by atoms with Gasteiger partial charge in [-0.15, -0.1) is 0 Å². The van der Waals surface area contributed by atoms with Crippen LogP contribution in [0.5, 0.6) is 5.19 Å². The molecule has 0 atom stereocenters. The summed E-state index contributed by atoms with van der Waals surface area (Å²) in [5, 5.41) is 0.737. The van der Waals surface area contributed by atoms with Crippen LogP contribution in [0.25, 0.3) is 10.2 Å². The van der Waals surface area contributed by atoms with Crippen molar-refractivity contribution in [3.63, 3.8) is 0 Å². The highest BCUT2D eigenvalue weighted by molar-refractivity contribution is 7.20. The van der Waals surface area contributed by atoms with Crippen LogP contribution >= 0.6 is 11.3 Å². The largest absolute Gasteiger partial charge is 0.473 e. The van der Waals surface area contributed by atoms with Crippen LogP contribution in [0.4, 0.5) is 0 Å². The summed E-state index contributed by atoms with van der Waals surface area (Å²) < 4.78 is 6.31. The Kier molecular flexibility index (Phi) is 2.42. The van der Waals surface area contributed by atoms with Crippen molar-refractivity contribution < 1.29 is 4.74 Å². The topological polar surface area (TPSA) is 22.1 Å². The van der Waals surface area contributed by atoms with Gasteiger partial charge in [0, 0.05) is 0 Å². The molecule has 0 aliphatic rings. The summed E-state index contributed by atoms with van der Waals surface area (Å²) in [7, 11) is 1.65. The lowest BCUT2D eigenvalue weighted by Gasteiger charge is -2.03. The fourth-order valence-corrected chi connectivity index (χ4v) is 2.20. The van der Waals surface area contributed by atoms with Gasteiger partial charge in [-0.25, -0.2) is 4.98 Å². The zero-order chi connectivity index (χ0) is 10.1. The summed E-state index contributed by atoms with van der Waals surface area (Å²) in [6.07, 6.45) is 0. The third-order valence-electron chi connectivity index (χ3n) is 2.23. The smallest absolute Gasteiger partial charge is 0.274 e. The molecule has 74 valence electrons. The van der Waals surface area contributed by atoms with Crippen LogP contribution in [-0.2, 0) is 0 Å². The lowest BCUT2D eigenvalue weighted by molar-refractivity contribution is 0.413. The van der Waals surface area contributed by atoms with Gasteiger partial charge in [0.05, 0.1) is 17.3 Å². The summed E-state index contributed by atoms with van der Waals surface area (Å²) >= 11 is 1.60. The number of thiazole rings is 1. The summed E-state index contributed by atoms with van der Waals surface area (Å²) in [5.74, 6) is 0.562. The fourth-order valence-electron chi connectivity index (χ4n) is 1.37. The highest BCUT2D eigenvalue weighted by atomic mass is 32.1. The van der Waals surface area contributed by atoms with E-state index in [-0.39, 0.29) is 0 Å². The van der Waals surface area contributed by atoms with Gasteiger partial charge >= 0.3 is 0 Å². The predicted octanol–water partition coefficient (Wildman–Crippen LogP) is 3.43. The Morgan fingerprint density at radius 1 is 1.36 bits per heavy atom. The van der Waals surface area contributed by atoms with E-state index < -0.39 is 0 Å². The van der Waals surface area contributed by atoms with Crippen LogP contribution in [0.3, 0.4) is 0 Å². The van der Waals surface area contributed by atoms with Crippen LogP contribution in [-0.4, -0.2) is 12.1 Å². The second-order valence-electron chi connectivity index (χ2n) is 3.57. The van der Waals surface area contributed by atoms with E-state index in [2.05, 4.69) is 37.0 Å². The first kappa shape index (κ1) is 9.46. The first-order chi connectivity index (χ1) is 6.70. The highest BCUT2D eigenvalue weighted by Crippen LogP contribution is 2.29. The van der Waals surface area contributed by atoms with Gasteiger partial charge in [0.2, 0.25) is 0 Å². The molecule has 2 aromatic rings. The number of aromatic nitrogens is 1. The van der Waals surface area contributed by atoms with Crippen LogP contribution < -0.4 is 4.74 Å². The molecule has 0 spiro atoms. The lowest BCUT2D eigenvalue weighted by Crippen LogP contribution is -1.85. The molecule has 0 unspecified atom stereocenters. The molecule has 0 bridgehead atoms. The zero-order valence-electron chi connectivity index (χ0n) is 8.57. The SMILES string of the molecule is COc1nc2ccc(C(C)C)cc2s1. The van der Waals surface area contributed by atoms with E-state index in [9.17, 15) is 0 Å². The number of rotatable bonds is 2. The van der Waals surface area contributed by atoms with Crippen LogP contribution in [0, 0.1) is 0 Å². The van der Waals surface area contributed by atoms with Crippen molar-refractivity contribution in [3.8, 4) is 5.19 Å². The number of hydrogen-bond acceptors (Lipinski definition) is 3. The minimum absolute atomic E-state index is 0.562. The first-order valence-electron chi connectivity index (χ1n) is 4.65. The molecule has 0 saturated carbocycles. The molecule has 1 heterocycles. The van der Waals surface area contributed by atoms with Crippen molar-refractivity contribution in [3.05, 3.63) is 23.8 Å². The van der Waals surface area contributed by atoms with Gasteiger partial charge in [-0.05, 0) is 23.6 Å². The molecule has 1 aromatic heterocycles. The molecule has 1 aromatic carbocycles. The van der Waals surface area contributed by atoms with E-state index in [0.717, 1.165) is 10.7 Å². The maximum absolute atomic E-state index is 5.11. The van der Waals surface area contributed by atoms with Crippen molar-refractivity contribution in [1.29, 1.82) is 0 Å². The van der Waals surface area contributed by atoms with E-state index in [1.807, 2.05) is 0 Å². The van der Waals surface area contributed by atoms with Gasteiger partial charge in [-0.2, -0.15) is 0 Å². The number of benzene rings is 1. The molecule has 14 heavy (non-hydrogen) atoms. The Morgan fingerprint density at radius 3 is 2.79 bits per heavy atom. The molecular formula is C11H13NOS. The van der Waals surface area contributed by atoms with E-state index in [1.54, 1.807) is 18.4 Å². The van der Waals surface area contributed by atoms with E-state index in [0.29, 0.717) is 5.92 Å². The Hall–Kier alpha value is -1.09. The number of fused-ring (bicyclic) bond motifs is 1. The third-order valence-corrected chi connectivity index (χ3v) is 3.21. The minimum Gasteiger partial charge on any atom is -0.473 e. The van der Waals surface area contributed by atoms with Gasteiger partial charge in [-0.1, -0.05) is 31.3 Å². The summed E-state index contributed by atoms with van der Waals surface area (Å²) in [6, 6.07) is 6.38. The maximum atomic E-state index is 5.11. The quantitative estimate of drug-likeness (QED) is 0.752. The Morgan fingerprint density at radius 2 is 2.14 bits per heavy atom. The molecule has 0 amide bonds. The molecule has 0 saturated heterocycles. The van der Waals surface area contributed by atoms with Crippen molar-refractivity contribution in [2.45, 2.75) is 19.8 Å². The minimum atomic E-state index is 0.562. The molecular weight excluding hydrogens is 194 g/mol. The number of methoxy groups -OCH3 is 1.